The van der Waals surface area contributed by atoms with Crippen LogP contribution in [0.25, 0.3) is 0 Å². The largest absolute Gasteiger partial charge is 0.353 e. The first kappa shape index (κ1) is 16.9. The Balaban J connectivity index is 1.53. The van der Waals surface area contributed by atoms with Crippen molar-refractivity contribution in [2.24, 2.45) is 17.8 Å². The van der Waals surface area contributed by atoms with E-state index in [0.717, 1.165) is 11.8 Å². The maximum atomic E-state index is 12.2. The number of aryl methyl sites for hydroxylation is 2. The Labute approximate surface area is 142 Å². The minimum absolute atomic E-state index is 0.000444. The second kappa shape index (κ2) is 6.53. The van der Waals surface area contributed by atoms with Gasteiger partial charge >= 0.3 is 5.69 Å². The van der Waals surface area contributed by atoms with Gasteiger partial charge in [0.15, 0.2) is 0 Å². The Morgan fingerprint density at radius 2 is 2.17 bits per heavy atom. The van der Waals surface area contributed by atoms with Gasteiger partial charge in [-0.3, -0.25) is 19.6 Å². The minimum atomic E-state index is -0.411. The first-order valence-corrected chi connectivity index (χ1v) is 8.84. The van der Waals surface area contributed by atoms with Gasteiger partial charge in [-0.05, 0) is 57.8 Å². The SMILES string of the molecule is Cc1nn(CCC(=O)NC(C)C2CC3CCC2C3)c(C)c1[N+](=O)[O-]. The molecule has 0 spiro atoms. The molecule has 2 aliphatic rings. The maximum absolute atomic E-state index is 12.2. The predicted octanol–water partition coefficient (Wildman–Crippen LogP) is 2.74. The van der Waals surface area contributed by atoms with Crippen LogP contribution in [0.1, 0.15) is 50.4 Å². The summed E-state index contributed by atoms with van der Waals surface area (Å²) in [7, 11) is 0. The smallest absolute Gasteiger partial charge is 0.312 e. The van der Waals surface area contributed by atoms with Gasteiger partial charge < -0.3 is 5.32 Å². The van der Waals surface area contributed by atoms with Crippen LogP contribution in [-0.4, -0.2) is 26.7 Å². The van der Waals surface area contributed by atoms with Crippen molar-refractivity contribution in [2.45, 2.75) is 65.5 Å². The standard InChI is InChI=1S/C17H26N4O3/c1-10(15-9-13-4-5-14(15)8-13)18-16(22)6-7-20-12(3)17(21(23)24)11(2)19-20/h10,13-15H,4-9H2,1-3H3,(H,18,22). The summed E-state index contributed by atoms with van der Waals surface area (Å²) in [6.45, 7) is 5.78. The molecule has 1 aromatic rings. The third-order valence-electron chi connectivity index (χ3n) is 5.90. The van der Waals surface area contributed by atoms with E-state index in [1.54, 1.807) is 18.5 Å². The van der Waals surface area contributed by atoms with Gasteiger partial charge in [0.25, 0.3) is 0 Å². The zero-order valence-electron chi connectivity index (χ0n) is 14.6. The summed E-state index contributed by atoms with van der Waals surface area (Å²) in [6.07, 6.45) is 5.55. The number of nitrogens with zero attached hydrogens (tertiary/aromatic N) is 3. The van der Waals surface area contributed by atoms with E-state index in [1.165, 1.54) is 25.7 Å². The molecule has 1 amide bonds. The molecule has 0 radical (unpaired) electrons. The number of amides is 1. The highest BCUT2D eigenvalue weighted by atomic mass is 16.6. The summed E-state index contributed by atoms with van der Waals surface area (Å²) in [6, 6.07) is 0.211. The fourth-order valence-electron chi connectivity index (χ4n) is 4.72. The van der Waals surface area contributed by atoms with Gasteiger partial charge in [-0.1, -0.05) is 6.42 Å². The second-order valence-corrected chi connectivity index (χ2v) is 7.44. The summed E-state index contributed by atoms with van der Waals surface area (Å²) < 4.78 is 1.56. The third-order valence-corrected chi connectivity index (χ3v) is 5.90. The van der Waals surface area contributed by atoms with Crippen molar-refractivity contribution in [1.29, 1.82) is 0 Å². The normalized spacial score (nSPS) is 26.5. The molecule has 2 saturated carbocycles. The number of hydrogen-bond acceptors (Lipinski definition) is 4. The lowest BCUT2D eigenvalue weighted by Crippen LogP contribution is -2.40. The highest BCUT2D eigenvalue weighted by molar-refractivity contribution is 5.76. The molecule has 1 heterocycles. The molecule has 1 aromatic heterocycles. The molecule has 24 heavy (non-hydrogen) atoms. The van der Waals surface area contributed by atoms with Crippen molar-refractivity contribution < 1.29 is 9.72 Å². The first-order valence-electron chi connectivity index (χ1n) is 8.84. The molecule has 1 N–H and O–H groups in total. The number of hydrogen-bond donors (Lipinski definition) is 1. The van der Waals surface area contributed by atoms with Crippen LogP contribution in [0, 0.1) is 41.7 Å². The van der Waals surface area contributed by atoms with Crippen molar-refractivity contribution in [1.82, 2.24) is 15.1 Å². The number of carbonyl (C=O) groups is 1. The fourth-order valence-corrected chi connectivity index (χ4v) is 4.72. The van der Waals surface area contributed by atoms with E-state index >= 15 is 0 Å². The average molecular weight is 334 g/mol. The van der Waals surface area contributed by atoms with Gasteiger partial charge in [0, 0.05) is 12.5 Å². The highest BCUT2D eigenvalue weighted by Crippen LogP contribution is 2.49. The molecule has 132 valence electrons. The van der Waals surface area contributed by atoms with Crippen molar-refractivity contribution in [2.75, 3.05) is 0 Å². The zero-order valence-corrected chi connectivity index (χ0v) is 14.6. The topological polar surface area (TPSA) is 90.1 Å². The lowest BCUT2D eigenvalue weighted by molar-refractivity contribution is -0.386. The van der Waals surface area contributed by atoms with E-state index in [2.05, 4.69) is 17.3 Å². The molecule has 3 rings (SSSR count). The fraction of sp³-hybridized carbons (Fsp3) is 0.765. The van der Waals surface area contributed by atoms with Gasteiger partial charge in [-0.25, -0.2) is 0 Å². The summed E-state index contributed by atoms with van der Waals surface area (Å²) in [5.74, 6) is 2.27. The predicted molar refractivity (Wildman–Crippen MR) is 89.5 cm³/mol. The summed E-state index contributed by atoms with van der Waals surface area (Å²) in [4.78, 5) is 22.9. The van der Waals surface area contributed by atoms with Crippen molar-refractivity contribution >= 4 is 11.6 Å². The minimum Gasteiger partial charge on any atom is -0.353 e. The summed E-state index contributed by atoms with van der Waals surface area (Å²) in [5, 5.41) is 18.3. The number of nitrogens with one attached hydrogen (secondary N) is 1. The van der Waals surface area contributed by atoms with Crippen LogP contribution >= 0.6 is 0 Å². The number of rotatable bonds is 6. The van der Waals surface area contributed by atoms with Crippen molar-refractivity contribution in [3.05, 3.63) is 21.5 Å². The van der Waals surface area contributed by atoms with Gasteiger partial charge in [0.1, 0.15) is 11.4 Å². The van der Waals surface area contributed by atoms with Crippen LogP contribution in [0.15, 0.2) is 0 Å². The van der Waals surface area contributed by atoms with E-state index < -0.39 is 4.92 Å². The lowest BCUT2D eigenvalue weighted by atomic mass is 9.84. The molecule has 2 aliphatic carbocycles. The number of fused-ring (bicyclic) bond motifs is 2. The third kappa shape index (κ3) is 3.16. The van der Waals surface area contributed by atoms with Crippen LogP contribution in [0.5, 0.6) is 0 Å². The molecule has 4 unspecified atom stereocenters. The monoisotopic (exact) mass is 334 g/mol. The van der Waals surface area contributed by atoms with E-state index in [0.29, 0.717) is 30.3 Å². The van der Waals surface area contributed by atoms with E-state index in [1.807, 2.05) is 0 Å². The second-order valence-electron chi connectivity index (χ2n) is 7.44. The maximum Gasteiger partial charge on any atom is 0.312 e. The summed E-state index contributed by atoms with van der Waals surface area (Å²) >= 11 is 0. The van der Waals surface area contributed by atoms with Crippen LogP contribution in [-0.2, 0) is 11.3 Å². The molecule has 4 atom stereocenters. The number of carbonyl (C=O) groups excluding carboxylic acids is 1. The van der Waals surface area contributed by atoms with Crippen LogP contribution in [0.2, 0.25) is 0 Å². The van der Waals surface area contributed by atoms with E-state index in [9.17, 15) is 14.9 Å². The Hall–Kier alpha value is -1.92. The number of nitro groups is 1. The van der Waals surface area contributed by atoms with Gasteiger partial charge in [-0.2, -0.15) is 5.10 Å². The Kier molecular flexibility index (Phi) is 4.60. The van der Waals surface area contributed by atoms with Gasteiger partial charge in [0.2, 0.25) is 5.91 Å². The first-order chi connectivity index (χ1) is 11.4. The zero-order chi connectivity index (χ0) is 17.4. The average Bonchev–Trinajstić information content (AvgIpc) is 3.19. The van der Waals surface area contributed by atoms with Gasteiger partial charge in [0.05, 0.1) is 11.5 Å². The molecule has 2 bridgehead atoms. The molecule has 2 fully saturated rings. The lowest BCUT2D eigenvalue weighted by Gasteiger charge is -2.28. The quantitative estimate of drug-likeness (QED) is 0.640. The molecule has 0 aromatic carbocycles. The molecular formula is C17H26N4O3. The van der Waals surface area contributed by atoms with E-state index in [-0.39, 0.29) is 17.6 Å². The molecule has 0 saturated heterocycles. The summed E-state index contributed by atoms with van der Waals surface area (Å²) in [5.41, 5.74) is 0.950. The van der Waals surface area contributed by atoms with Crippen LogP contribution in [0.3, 0.4) is 0 Å². The van der Waals surface area contributed by atoms with Gasteiger partial charge in [-0.15, -0.1) is 0 Å². The van der Waals surface area contributed by atoms with E-state index in [4.69, 9.17) is 0 Å². The highest BCUT2D eigenvalue weighted by Gasteiger charge is 2.42. The molecule has 0 aliphatic heterocycles. The molecule has 7 heteroatoms. The Morgan fingerprint density at radius 1 is 1.42 bits per heavy atom. The van der Waals surface area contributed by atoms with Crippen LogP contribution in [0.4, 0.5) is 5.69 Å². The Bertz CT molecular complexity index is 655. The van der Waals surface area contributed by atoms with Crippen molar-refractivity contribution in [3.63, 3.8) is 0 Å². The van der Waals surface area contributed by atoms with Crippen LogP contribution < -0.4 is 5.32 Å². The molecular weight excluding hydrogens is 308 g/mol. The molecule has 7 nitrogen and oxygen atoms in total. The number of aromatic nitrogens is 2. The van der Waals surface area contributed by atoms with Crippen molar-refractivity contribution in [3.8, 4) is 0 Å². The Morgan fingerprint density at radius 3 is 2.71 bits per heavy atom.